The van der Waals surface area contributed by atoms with Crippen LogP contribution in [0.15, 0.2) is 71.8 Å². The predicted octanol–water partition coefficient (Wildman–Crippen LogP) is 3.75. The summed E-state index contributed by atoms with van der Waals surface area (Å²) in [5.74, 6) is 0.604. The summed E-state index contributed by atoms with van der Waals surface area (Å²) in [5, 5.41) is 12.7. The van der Waals surface area contributed by atoms with Gasteiger partial charge in [-0.25, -0.2) is 4.68 Å². The van der Waals surface area contributed by atoms with Gasteiger partial charge in [0.25, 0.3) is 5.56 Å². The molecule has 4 heterocycles. The molecular weight excluding hydrogens is 488 g/mol. The van der Waals surface area contributed by atoms with E-state index in [0.717, 1.165) is 62.1 Å². The van der Waals surface area contributed by atoms with E-state index in [4.69, 9.17) is 10.7 Å². The highest BCUT2D eigenvalue weighted by Crippen LogP contribution is 2.54. The minimum atomic E-state index is -0.289. The molecule has 1 aliphatic heterocycles. The van der Waals surface area contributed by atoms with Gasteiger partial charge in [-0.2, -0.15) is 15.2 Å². The Morgan fingerprint density at radius 1 is 1.00 bits per heavy atom. The van der Waals surface area contributed by atoms with Crippen LogP contribution in [0.4, 0.5) is 5.95 Å². The molecule has 3 aliphatic rings. The van der Waals surface area contributed by atoms with Crippen LogP contribution in [0.2, 0.25) is 0 Å². The third-order valence-corrected chi connectivity index (χ3v) is 9.44. The van der Waals surface area contributed by atoms with E-state index in [1.165, 1.54) is 11.1 Å². The second kappa shape index (κ2) is 8.13. The van der Waals surface area contributed by atoms with Gasteiger partial charge >= 0.3 is 0 Å². The molecule has 1 spiro atoms. The lowest BCUT2D eigenvalue weighted by Gasteiger charge is -2.42. The number of rotatable bonds is 4. The highest BCUT2D eigenvalue weighted by molar-refractivity contribution is 5.80. The number of fused-ring (bicyclic) bond motifs is 2. The molecule has 4 N–H and O–H groups in total. The number of anilines is 1. The van der Waals surface area contributed by atoms with Gasteiger partial charge in [0.15, 0.2) is 5.65 Å². The van der Waals surface area contributed by atoms with Gasteiger partial charge in [0.2, 0.25) is 5.95 Å². The second-order valence-electron chi connectivity index (χ2n) is 11.5. The van der Waals surface area contributed by atoms with Crippen molar-refractivity contribution < 1.29 is 0 Å². The zero-order valence-corrected chi connectivity index (χ0v) is 21.6. The third-order valence-electron chi connectivity index (χ3n) is 9.44. The Hall–Kier alpha value is -4.24. The number of benzene rings is 2. The lowest BCUT2D eigenvalue weighted by atomic mass is 9.73. The maximum absolute atomic E-state index is 13.5. The molecule has 9 heteroatoms. The maximum Gasteiger partial charge on any atom is 0.263 e. The van der Waals surface area contributed by atoms with Gasteiger partial charge < -0.3 is 10.6 Å². The lowest BCUT2D eigenvalue weighted by Crippen LogP contribution is -2.45. The van der Waals surface area contributed by atoms with Crippen LogP contribution in [0.25, 0.3) is 16.7 Å². The van der Waals surface area contributed by atoms with E-state index in [-0.39, 0.29) is 22.4 Å². The molecule has 5 aromatic rings. The van der Waals surface area contributed by atoms with Crippen LogP contribution in [0, 0.1) is 5.41 Å². The SMILES string of the molecule is N[C@@H]1c2ccccc2CC12CCN(c1nc3[nH]nc(C4(c5cccc(-n6cccn6)c5)CC4)c3c(=O)[nH]1)CC2. The molecular formula is C30H30N8O. The highest BCUT2D eigenvalue weighted by Gasteiger charge is 2.50. The van der Waals surface area contributed by atoms with Crippen LogP contribution in [0.1, 0.15) is 54.1 Å². The molecule has 1 saturated carbocycles. The zero-order valence-electron chi connectivity index (χ0n) is 21.6. The van der Waals surface area contributed by atoms with E-state index < -0.39 is 0 Å². The Morgan fingerprint density at radius 2 is 1.85 bits per heavy atom. The number of hydrogen-bond acceptors (Lipinski definition) is 6. The van der Waals surface area contributed by atoms with Crippen LogP contribution in [0.3, 0.4) is 0 Å². The number of hydrogen-bond donors (Lipinski definition) is 3. The first-order valence-corrected chi connectivity index (χ1v) is 13.7. The van der Waals surface area contributed by atoms with E-state index in [9.17, 15) is 4.79 Å². The first-order chi connectivity index (χ1) is 19.1. The topological polar surface area (TPSA) is 122 Å². The summed E-state index contributed by atoms with van der Waals surface area (Å²) >= 11 is 0. The number of piperidine rings is 1. The lowest BCUT2D eigenvalue weighted by molar-refractivity contribution is 0.187. The summed E-state index contributed by atoms with van der Waals surface area (Å²) in [6, 6.07) is 18.9. The normalized spacial score (nSPS) is 20.9. The fraction of sp³-hybridized carbons (Fsp3) is 0.333. The minimum Gasteiger partial charge on any atom is -0.342 e. The van der Waals surface area contributed by atoms with Gasteiger partial charge in [0, 0.05) is 36.9 Å². The molecule has 9 nitrogen and oxygen atoms in total. The molecule has 196 valence electrons. The molecule has 0 unspecified atom stereocenters. The van der Waals surface area contributed by atoms with Crippen molar-refractivity contribution in [2.75, 3.05) is 18.0 Å². The third kappa shape index (κ3) is 3.35. The van der Waals surface area contributed by atoms with Crippen LogP contribution < -0.4 is 16.2 Å². The highest BCUT2D eigenvalue weighted by atomic mass is 16.1. The molecule has 2 aromatic carbocycles. The van der Waals surface area contributed by atoms with Gasteiger partial charge in [-0.05, 0) is 72.4 Å². The first kappa shape index (κ1) is 22.7. The molecule has 1 saturated heterocycles. The number of nitrogens with two attached hydrogens (primary N) is 1. The molecule has 3 aromatic heterocycles. The summed E-state index contributed by atoms with van der Waals surface area (Å²) in [4.78, 5) is 23.6. The van der Waals surface area contributed by atoms with Crippen LogP contribution in [-0.4, -0.2) is 43.0 Å². The largest absolute Gasteiger partial charge is 0.342 e. The van der Waals surface area contributed by atoms with E-state index in [2.05, 4.69) is 61.6 Å². The first-order valence-electron chi connectivity index (χ1n) is 13.7. The Kier molecular flexibility index (Phi) is 4.74. The van der Waals surface area contributed by atoms with Crippen molar-refractivity contribution in [2.24, 2.45) is 11.1 Å². The Morgan fingerprint density at radius 3 is 2.62 bits per heavy atom. The maximum atomic E-state index is 13.5. The second-order valence-corrected chi connectivity index (χ2v) is 11.5. The van der Waals surface area contributed by atoms with Crippen LogP contribution in [0.5, 0.6) is 0 Å². The van der Waals surface area contributed by atoms with Crippen molar-refractivity contribution in [2.45, 2.75) is 43.6 Å². The minimum absolute atomic E-state index is 0.0574. The van der Waals surface area contributed by atoms with Gasteiger partial charge in [-0.3, -0.25) is 14.9 Å². The van der Waals surface area contributed by atoms with Crippen molar-refractivity contribution in [1.82, 2.24) is 29.9 Å². The molecule has 2 fully saturated rings. The molecule has 0 radical (unpaired) electrons. The Labute approximate surface area is 225 Å². The average Bonchev–Trinajstić information content (AvgIpc) is 3.28. The smallest absolute Gasteiger partial charge is 0.263 e. The Bertz CT molecular complexity index is 1760. The number of nitrogens with one attached hydrogen (secondary N) is 2. The van der Waals surface area contributed by atoms with Gasteiger partial charge in [-0.1, -0.05) is 36.4 Å². The van der Waals surface area contributed by atoms with Gasteiger partial charge in [0.05, 0.1) is 11.4 Å². The van der Waals surface area contributed by atoms with E-state index in [1.54, 1.807) is 6.20 Å². The van der Waals surface area contributed by atoms with Gasteiger partial charge in [0.1, 0.15) is 5.39 Å². The van der Waals surface area contributed by atoms with Crippen molar-refractivity contribution >= 4 is 17.0 Å². The molecule has 39 heavy (non-hydrogen) atoms. The molecule has 0 bridgehead atoms. The quantitative estimate of drug-likeness (QED) is 0.333. The standard InChI is InChI=1S/C30H30N8O/c31-24-22-8-2-1-5-19(22)18-29(24)11-15-37(16-12-29)28-33-26-23(27(39)34-28)25(35-36-26)30(9-10-30)20-6-3-7-21(17-20)38-14-4-13-32-38/h1-8,13-14,17,24H,9-12,15-16,18,31H2,(H2,33,34,35,36,39)/t24-/m1/s1. The monoisotopic (exact) mass is 518 g/mol. The fourth-order valence-corrected chi connectivity index (χ4v) is 7.05. The van der Waals surface area contributed by atoms with E-state index in [0.29, 0.717) is 17.0 Å². The number of H-pyrrole nitrogens is 2. The van der Waals surface area contributed by atoms with Crippen LogP contribution >= 0.6 is 0 Å². The van der Waals surface area contributed by atoms with E-state index in [1.807, 2.05) is 29.1 Å². The van der Waals surface area contributed by atoms with Gasteiger partial charge in [-0.15, -0.1) is 0 Å². The van der Waals surface area contributed by atoms with Crippen LogP contribution in [-0.2, 0) is 11.8 Å². The summed E-state index contributed by atoms with van der Waals surface area (Å²) in [5.41, 5.74) is 12.5. The fourth-order valence-electron chi connectivity index (χ4n) is 7.05. The predicted molar refractivity (Wildman–Crippen MR) is 149 cm³/mol. The van der Waals surface area contributed by atoms with Crippen molar-refractivity contribution in [3.05, 3.63) is 99.7 Å². The number of aromatic amines is 2. The van der Waals surface area contributed by atoms with E-state index >= 15 is 0 Å². The summed E-state index contributed by atoms with van der Waals surface area (Å²) in [6.07, 6.45) is 8.53. The summed E-state index contributed by atoms with van der Waals surface area (Å²) < 4.78 is 1.85. The molecule has 0 amide bonds. The van der Waals surface area contributed by atoms with Crippen molar-refractivity contribution in [1.29, 1.82) is 0 Å². The molecule has 2 aliphatic carbocycles. The zero-order chi connectivity index (χ0) is 26.2. The van der Waals surface area contributed by atoms with Crippen molar-refractivity contribution in [3.8, 4) is 5.69 Å². The molecule has 8 rings (SSSR count). The molecule has 1 atom stereocenters. The number of nitrogens with zero attached hydrogens (tertiary/aromatic N) is 5. The van der Waals surface area contributed by atoms with Crippen molar-refractivity contribution in [3.63, 3.8) is 0 Å². The average molecular weight is 519 g/mol. The summed E-state index contributed by atoms with van der Waals surface area (Å²) in [6.45, 7) is 1.61. The Balaban J connectivity index is 1.08. The summed E-state index contributed by atoms with van der Waals surface area (Å²) in [7, 11) is 0. The number of aromatic nitrogens is 6.